The van der Waals surface area contributed by atoms with Crippen LogP contribution in [0.15, 0.2) is 218 Å². The lowest BCUT2D eigenvalue weighted by Gasteiger charge is -2.14. The molecular formula is C57H36N4. The van der Waals surface area contributed by atoms with E-state index in [2.05, 4.69) is 205 Å². The first kappa shape index (κ1) is 34.8. The summed E-state index contributed by atoms with van der Waals surface area (Å²) in [5.41, 5.74) is 10.9. The number of nitrogens with zero attached hydrogens (tertiary/aromatic N) is 4. The largest absolute Gasteiger partial charge is 0.277 e. The minimum atomic E-state index is 0.570. The highest BCUT2D eigenvalue weighted by Gasteiger charge is 2.21. The number of benzene rings is 10. The number of para-hydroxylation sites is 2. The molecule has 0 aliphatic rings. The molecule has 0 aliphatic carbocycles. The minimum absolute atomic E-state index is 0.570. The molecule has 0 amide bonds. The normalized spacial score (nSPS) is 11.6. The predicted molar refractivity (Wildman–Crippen MR) is 254 cm³/mol. The van der Waals surface area contributed by atoms with Crippen molar-refractivity contribution in [3.63, 3.8) is 0 Å². The number of fused-ring (bicyclic) bond motifs is 9. The second-order valence-electron chi connectivity index (χ2n) is 15.6. The smallest absolute Gasteiger partial charge is 0.238 e. The molecule has 0 saturated carbocycles. The summed E-state index contributed by atoms with van der Waals surface area (Å²) in [6, 6.07) is 77.6. The van der Waals surface area contributed by atoms with Gasteiger partial charge >= 0.3 is 0 Å². The highest BCUT2D eigenvalue weighted by atomic mass is 15.2. The molecule has 0 N–H and O–H groups in total. The lowest BCUT2D eigenvalue weighted by atomic mass is 9.93. The Morgan fingerprint density at radius 2 is 0.689 bits per heavy atom. The molecule has 61 heavy (non-hydrogen) atoms. The van der Waals surface area contributed by atoms with E-state index in [0.717, 1.165) is 44.1 Å². The van der Waals surface area contributed by atoms with Crippen LogP contribution in [0.25, 0.3) is 116 Å². The van der Waals surface area contributed by atoms with Gasteiger partial charge in [-0.05, 0) is 72.3 Å². The van der Waals surface area contributed by atoms with Crippen LogP contribution >= 0.6 is 0 Å². The molecule has 4 heteroatoms. The van der Waals surface area contributed by atoms with E-state index in [1.165, 1.54) is 54.6 Å². The summed E-state index contributed by atoms with van der Waals surface area (Å²) in [5, 5.41) is 9.58. The van der Waals surface area contributed by atoms with E-state index in [0.29, 0.717) is 17.6 Å². The van der Waals surface area contributed by atoms with Gasteiger partial charge in [-0.3, -0.25) is 4.57 Å². The van der Waals surface area contributed by atoms with Gasteiger partial charge in [0.15, 0.2) is 11.6 Å². The van der Waals surface area contributed by atoms with Gasteiger partial charge in [-0.15, -0.1) is 0 Å². The van der Waals surface area contributed by atoms with Crippen molar-refractivity contribution in [2.24, 2.45) is 0 Å². The summed E-state index contributed by atoms with van der Waals surface area (Å²) in [7, 11) is 0. The van der Waals surface area contributed by atoms with Crippen molar-refractivity contribution in [1.82, 2.24) is 19.5 Å². The van der Waals surface area contributed by atoms with Crippen molar-refractivity contribution in [2.45, 2.75) is 0 Å². The average molecular weight is 777 g/mol. The number of rotatable bonds is 6. The Labute approximate surface area is 352 Å². The fraction of sp³-hybridized carbons (Fsp3) is 0. The first-order valence-electron chi connectivity index (χ1n) is 20.7. The lowest BCUT2D eigenvalue weighted by Crippen LogP contribution is -2.07. The molecule has 2 aromatic heterocycles. The molecule has 0 aliphatic heterocycles. The van der Waals surface area contributed by atoms with Gasteiger partial charge < -0.3 is 0 Å². The molecule has 0 bridgehead atoms. The molecule has 2 heterocycles. The molecule has 0 atom stereocenters. The molecular weight excluding hydrogens is 741 g/mol. The van der Waals surface area contributed by atoms with Gasteiger partial charge in [0, 0.05) is 27.5 Å². The summed E-state index contributed by atoms with van der Waals surface area (Å²) in [6.07, 6.45) is 0. The molecule has 4 nitrogen and oxygen atoms in total. The Morgan fingerprint density at radius 3 is 1.30 bits per heavy atom. The molecule has 12 aromatic rings. The second kappa shape index (κ2) is 14.3. The van der Waals surface area contributed by atoms with E-state index >= 15 is 0 Å². The average Bonchev–Trinajstić information content (AvgIpc) is 3.69. The van der Waals surface area contributed by atoms with Gasteiger partial charge in [0.25, 0.3) is 0 Å². The van der Waals surface area contributed by atoms with E-state index in [4.69, 9.17) is 15.0 Å². The highest BCUT2D eigenvalue weighted by molar-refractivity contribution is 6.25. The Balaban J connectivity index is 1.04. The zero-order valence-electron chi connectivity index (χ0n) is 33.1. The molecule has 284 valence electrons. The Kier molecular flexibility index (Phi) is 8.13. The van der Waals surface area contributed by atoms with Crippen molar-refractivity contribution in [3.8, 4) is 62.1 Å². The van der Waals surface area contributed by atoms with Crippen LogP contribution in [0.1, 0.15) is 0 Å². The fourth-order valence-electron chi connectivity index (χ4n) is 9.14. The number of aromatic nitrogens is 4. The standard InChI is InChI=1S/C57H36N4/c1-3-14-37(15-4-1)38-26-28-39(29-27-38)40-30-32-41(33-31-40)44-23-13-24-51-50-22-11-12-25-53(50)61(54(44)51)57-59-55(42-16-5-2-6-17-42)58-56(60-57)43-34-35-49-47-20-8-7-18-45(47)46-19-9-10-21-48(46)52(49)36-43/h1-36H. The van der Waals surface area contributed by atoms with Crippen LogP contribution in [0, 0.1) is 0 Å². The minimum Gasteiger partial charge on any atom is -0.277 e. The highest BCUT2D eigenvalue weighted by Crippen LogP contribution is 2.40. The molecule has 0 spiro atoms. The van der Waals surface area contributed by atoms with Gasteiger partial charge in [-0.2, -0.15) is 9.97 Å². The first-order chi connectivity index (χ1) is 30.2. The van der Waals surface area contributed by atoms with E-state index < -0.39 is 0 Å². The Hall–Kier alpha value is -8.21. The van der Waals surface area contributed by atoms with Gasteiger partial charge in [-0.1, -0.05) is 206 Å². The van der Waals surface area contributed by atoms with Crippen LogP contribution < -0.4 is 0 Å². The molecule has 0 radical (unpaired) electrons. The van der Waals surface area contributed by atoms with Gasteiger partial charge in [0.2, 0.25) is 5.95 Å². The molecule has 0 saturated heterocycles. The lowest BCUT2D eigenvalue weighted by molar-refractivity contribution is 0.954. The maximum atomic E-state index is 5.38. The topological polar surface area (TPSA) is 43.6 Å². The van der Waals surface area contributed by atoms with Gasteiger partial charge in [0.05, 0.1) is 11.0 Å². The second-order valence-corrected chi connectivity index (χ2v) is 15.6. The van der Waals surface area contributed by atoms with Crippen molar-refractivity contribution >= 4 is 54.1 Å². The van der Waals surface area contributed by atoms with Crippen LogP contribution in [0.3, 0.4) is 0 Å². The van der Waals surface area contributed by atoms with Crippen molar-refractivity contribution in [1.29, 1.82) is 0 Å². The third-order valence-electron chi connectivity index (χ3n) is 12.1. The van der Waals surface area contributed by atoms with Crippen molar-refractivity contribution in [2.75, 3.05) is 0 Å². The molecule has 10 aromatic carbocycles. The maximum absolute atomic E-state index is 5.38. The van der Waals surface area contributed by atoms with Gasteiger partial charge in [-0.25, -0.2) is 4.98 Å². The molecule has 0 fully saturated rings. The summed E-state index contributed by atoms with van der Waals surface area (Å²) in [5.74, 6) is 1.81. The first-order valence-corrected chi connectivity index (χ1v) is 20.7. The van der Waals surface area contributed by atoms with Crippen LogP contribution in [0.2, 0.25) is 0 Å². The summed E-state index contributed by atoms with van der Waals surface area (Å²) in [4.78, 5) is 15.9. The van der Waals surface area contributed by atoms with Crippen molar-refractivity contribution < 1.29 is 0 Å². The SMILES string of the molecule is c1ccc(-c2ccc(-c3ccc(-c4cccc5c6ccccc6n(-c6nc(-c7ccccc7)nc(-c7ccc8c9ccccc9c9ccccc9c8c7)n6)c45)cc3)cc2)cc1. The molecule has 12 rings (SSSR count). The van der Waals surface area contributed by atoms with E-state index in [1.807, 2.05) is 18.2 Å². The number of hydrogen-bond donors (Lipinski definition) is 0. The monoisotopic (exact) mass is 776 g/mol. The van der Waals surface area contributed by atoms with Crippen LogP contribution in [-0.2, 0) is 0 Å². The Bertz CT molecular complexity index is 3580. The number of hydrogen-bond acceptors (Lipinski definition) is 3. The van der Waals surface area contributed by atoms with Crippen LogP contribution in [0.5, 0.6) is 0 Å². The zero-order chi connectivity index (χ0) is 40.3. The Morgan fingerprint density at radius 1 is 0.262 bits per heavy atom. The van der Waals surface area contributed by atoms with E-state index in [-0.39, 0.29) is 0 Å². The van der Waals surface area contributed by atoms with Gasteiger partial charge in [0.1, 0.15) is 0 Å². The zero-order valence-corrected chi connectivity index (χ0v) is 33.1. The maximum Gasteiger partial charge on any atom is 0.238 e. The quantitative estimate of drug-likeness (QED) is 0.158. The third-order valence-corrected chi connectivity index (χ3v) is 12.1. The molecule has 0 unspecified atom stereocenters. The predicted octanol–water partition coefficient (Wildman–Crippen LogP) is 14.8. The summed E-state index contributed by atoms with van der Waals surface area (Å²) in [6.45, 7) is 0. The van der Waals surface area contributed by atoms with E-state index in [9.17, 15) is 0 Å². The fourth-order valence-corrected chi connectivity index (χ4v) is 9.14. The third kappa shape index (κ3) is 5.88. The van der Waals surface area contributed by atoms with Crippen LogP contribution in [0.4, 0.5) is 0 Å². The summed E-state index contributed by atoms with van der Waals surface area (Å²) >= 11 is 0. The van der Waals surface area contributed by atoms with Crippen molar-refractivity contribution in [3.05, 3.63) is 218 Å². The summed E-state index contributed by atoms with van der Waals surface area (Å²) < 4.78 is 2.23. The van der Waals surface area contributed by atoms with Crippen LogP contribution in [-0.4, -0.2) is 19.5 Å². The van der Waals surface area contributed by atoms with E-state index in [1.54, 1.807) is 0 Å².